The van der Waals surface area contributed by atoms with Crippen molar-refractivity contribution in [3.63, 3.8) is 0 Å². The number of anilines is 1. The summed E-state index contributed by atoms with van der Waals surface area (Å²) in [6.45, 7) is 3.58. The number of nitrogens with zero attached hydrogens (tertiary/aromatic N) is 2. The average Bonchev–Trinajstić information content (AvgIpc) is 2.84. The van der Waals surface area contributed by atoms with Gasteiger partial charge >= 0.3 is 6.18 Å². The van der Waals surface area contributed by atoms with Crippen molar-refractivity contribution in [2.75, 3.05) is 5.32 Å². The minimum atomic E-state index is -4.52. The van der Waals surface area contributed by atoms with E-state index in [-0.39, 0.29) is 17.3 Å². The molecule has 0 bridgehead atoms. The Labute approximate surface area is 124 Å². The molecule has 1 aromatic heterocycles. The summed E-state index contributed by atoms with van der Waals surface area (Å²) >= 11 is 1.44. The van der Waals surface area contributed by atoms with Crippen LogP contribution in [-0.4, -0.2) is 4.98 Å². The van der Waals surface area contributed by atoms with Gasteiger partial charge in [0.2, 0.25) is 0 Å². The zero-order valence-corrected chi connectivity index (χ0v) is 12.1. The van der Waals surface area contributed by atoms with Crippen molar-refractivity contribution in [3.8, 4) is 6.07 Å². The summed E-state index contributed by atoms with van der Waals surface area (Å²) in [6.07, 6.45) is -4.52. The van der Waals surface area contributed by atoms with Crippen molar-refractivity contribution in [2.45, 2.75) is 26.1 Å². The quantitative estimate of drug-likeness (QED) is 0.907. The predicted molar refractivity (Wildman–Crippen MR) is 75.0 cm³/mol. The van der Waals surface area contributed by atoms with E-state index in [2.05, 4.69) is 10.3 Å². The summed E-state index contributed by atoms with van der Waals surface area (Å²) in [6, 6.07) is 4.84. The molecule has 0 spiro atoms. The maximum absolute atomic E-state index is 13.1. The standard InChI is InChI=1S/C14H12F3N3S/c1-8(13-7-21-9(2)20-13)19-12-4-3-10(6-18)5-11(12)14(15,16)17/h3-5,7-8,19H,1-2H3. The molecule has 1 unspecified atom stereocenters. The van der Waals surface area contributed by atoms with E-state index in [1.807, 2.05) is 12.3 Å². The SMILES string of the molecule is Cc1nc(C(C)Nc2ccc(C#N)cc2C(F)(F)F)cs1. The van der Waals surface area contributed by atoms with Crippen LogP contribution in [0.3, 0.4) is 0 Å². The molecule has 0 saturated carbocycles. The van der Waals surface area contributed by atoms with Gasteiger partial charge in [-0.05, 0) is 32.0 Å². The molecule has 0 aliphatic rings. The second-order valence-corrected chi connectivity index (χ2v) is 5.59. The lowest BCUT2D eigenvalue weighted by atomic mass is 10.1. The van der Waals surface area contributed by atoms with E-state index >= 15 is 0 Å². The highest BCUT2D eigenvalue weighted by atomic mass is 32.1. The Morgan fingerprint density at radius 2 is 2.10 bits per heavy atom. The van der Waals surface area contributed by atoms with Crippen LogP contribution in [0.1, 0.15) is 34.8 Å². The van der Waals surface area contributed by atoms with Crippen LogP contribution in [0.4, 0.5) is 18.9 Å². The number of aromatic nitrogens is 1. The Hall–Kier alpha value is -2.07. The van der Waals surface area contributed by atoms with Crippen molar-refractivity contribution in [1.82, 2.24) is 4.98 Å². The molecule has 1 atom stereocenters. The van der Waals surface area contributed by atoms with Gasteiger partial charge in [-0.3, -0.25) is 0 Å². The fraction of sp³-hybridized carbons (Fsp3) is 0.286. The molecule has 0 amide bonds. The zero-order valence-electron chi connectivity index (χ0n) is 11.3. The fourth-order valence-corrected chi connectivity index (χ4v) is 2.57. The molecule has 2 rings (SSSR count). The van der Waals surface area contributed by atoms with Gasteiger partial charge < -0.3 is 5.32 Å². The molecule has 0 radical (unpaired) electrons. The van der Waals surface area contributed by atoms with Crippen LogP contribution >= 0.6 is 11.3 Å². The van der Waals surface area contributed by atoms with Crippen LogP contribution in [0.2, 0.25) is 0 Å². The third kappa shape index (κ3) is 3.52. The molecule has 1 heterocycles. The molecule has 2 aromatic rings. The van der Waals surface area contributed by atoms with Crippen LogP contribution in [0.5, 0.6) is 0 Å². The molecule has 0 fully saturated rings. The number of rotatable bonds is 3. The third-order valence-electron chi connectivity index (χ3n) is 2.91. The minimum absolute atomic E-state index is 0.0231. The van der Waals surface area contributed by atoms with E-state index < -0.39 is 11.7 Å². The number of hydrogen-bond donors (Lipinski definition) is 1. The van der Waals surface area contributed by atoms with E-state index in [1.165, 1.54) is 23.5 Å². The smallest absolute Gasteiger partial charge is 0.376 e. The van der Waals surface area contributed by atoms with Gasteiger partial charge in [0.15, 0.2) is 0 Å². The molecule has 3 nitrogen and oxygen atoms in total. The normalized spacial score (nSPS) is 12.8. The first kappa shape index (κ1) is 15.3. The van der Waals surface area contributed by atoms with Crippen molar-refractivity contribution >= 4 is 17.0 Å². The summed E-state index contributed by atoms with van der Waals surface area (Å²) in [5, 5.41) is 14.2. The summed E-state index contributed by atoms with van der Waals surface area (Å²) < 4.78 is 39.2. The van der Waals surface area contributed by atoms with Crippen LogP contribution in [0.15, 0.2) is 23.6 Å². The van der Waals surface area contributed by atoms with Gasteiger partial charge in [-0.15, -0.1) is 11.3 Å². The van der Waals surface area contributed by atoms with Crippen LogP contribution in [0, 0.1) is 18.3 Å². The monoisotopic (exact) mass is 311 g/mol. The second kappa shape index (κ2) is 5.74. The summed E-state index contributed by atoms with van der Waals surface area (Å²) in [7, 11) is 0. The fourth-order valence-electron chi connectivity index (χ4n) is 1.86. The maximum Gasteiger partial charge on any atom is 0.418 e. The number of thiazole rings is 1. The van der Waals surface area contributed by atoms with Gasteiger partial charge in [-0.2, -0.15) is 18.4 Å². The topological polar surface area (TPSA) is 48.7 Å². The maximum atomic E-state index is 13.1. The first-order valence-corrected chi connectivity index (χ1v) is 6.99. The van der Waals surface area contributed by atoms with Crippen molar-refractivity contribution in [3.05, 3.63) is 45.4 Å². The number of aryl methyl sites for hydroxylation is 1. The summed E-state index contributed by atoms with van der Waals surface area (Å²) in [5.41, 5.74) is -0.236. The molecule has 0 aliphatic heterocycles. The molecular weight excluding hydrogens is 299 g/mol. The Morgan fingerprint density at radius 1 is 1.38 bits per heavy atom. The number of alkyl halides is 3. The number of nitrogens with one attached hydrogen (secondary N) is 1. The average molecular weight is 311 g/mol. The van der Waals surface area contributed by atoms with Crippen molar-refractivity contribution < 1.29 is 13.2 Å². The van der Waals surface area contributed by atoms with Crippen LogP contribution in [0.25, 0.3) is 0 Å². The van der Waals surface area contributed by atoms with Crippen molar-refractivity contribution in [1.29, 1.82) is 5.26 Å². The zero-order chi connectivity index (χ0) is 15.6. The number of benzene rings is 1. The third-order valence-corrected chi connectivity index (χ3v) is 3.70. The van der Waals surface area contributed by atoms with Crippen molar-refractivity contribution in [2.24, 2.45) is 0 Å². The lowest BCUT2D eigenvalue weighted by Crippen LogP contribution is -2.14. The Kier molecular flexibility index (Phi) is 4.19. The van der Waals surface area contributed by atoms with Gasteiger partial charge in [-0.1, -0.05) is 0 Å². The minimum Gasteiger partial charge on any atom is -0.376 e. The number of hydrogen-bond acceptors (Lipinski definition) is 4. The molecule has 0 aliphatic carbocycles. The molecule has 110 valence electrons. The molecule has 1 aromatic carbocycles. The van der Waals surface area contributed by atoms with Gasteiger partial charge in [0.25, 0.3) is 0 Å². The van der Waals surface area contributed by atoms with Gasteiger partial charge in [0, 0.05) is 11.1 Å². The van der Waals surface area contributed by atoms with E-state index in [0.29, 0.717) is 5.69 Å². The Balaban J connectivity index is 2.33. The van der Waals surface area contributed by atoms with E-state index in [0.717, 1.165) is 11.1 Å². The van der Waals surface area contributed by atoms with Gasteiger partial charge in [-0.25, -0.2) is 4.98 Å². The second-order valence-electron chi connectivity index (χ2n) is 4.53. The Morgan fingerprint density at radius 3 is 2.62 bits per heavy atom. The van der Waals surface area contributed by atoms with E-state index in [4.69, 9.17) is 5.26 Å². The molecular formula is C14H12F3N3S. The van der Waals surface area contributed by atoms with Crippen LogP contribution < -0.4 is 5.32 Å². The largest absolute Gasteiger partial charge is 0.418 e. The highest BCUT2D eigenvalue weighted by molar-refractivity contribution is 7.09. The number of nitriles is 1. The van der Waals surface area contributed by atoms with E-state index in [9.17, 15) is 13.2 Å². The molecule has 21 heavy (non-hydrogen) atoms. The Bertz CT molecular complexity index is 686. The predicted octanol–water partition coefficient (Wildman–Crippen LogP) is 4.52. The number of halogens is 3. The summed E-state index contributed by atoms with van der Waals surface area (Å²) in [4.78, 5) is 4.25. The lowest BCUT2D eigenvalue weighted by Gasteiger charge is -2.18. The van der Waals surface area contributed by atoms with E-state index in [1.54, 1.807) is 13.0 Å². The lowest BCUT2D eigenvalue weighted by molar-refractivity contribution is -0.137. The molecule has 0 saturated heterocycles. The van der Waals surface area contributed by atoms with Gasteiger partial charge in [0.1, 0.15) is 0 Å². The molecule has 1 N–H and O–H groups in total. The first-order chi connectivity index (χ1) is 9.81. The summed E-state index contributed by atoms with van der Waals surface area (Å²) in [5.74, 6) is 0. The van der Waals surface area contributed by atoms with Gasteiger partial charge in [0.05, 0.1) is 33.9 Å². The highest BCUT2D eigenvalue weighted by Crippen LogP contribution is 2.36. The highest BCUT2D eigenvalue weighted by Gasteiger charge is 2.34. The molecule has 7 heteroatoms. The first-order valence-electron chi connectivity index (χ1n) is 6.11. The van der Waals surface area contributed by atoms with Crippen LogP contribution in [-0.2, 0) is 6.18 Å².